The highest BCUT2D eigenvalue weighted by Crippen LogP contribution is 2.18. The second-order valence-electron chi connectivity index (χ2n) is 5.67. The van der Waals surface area contributed by atoms with Gasteiger partial charge in [-0.25, -0.2) is 5.43 Å². The molecule has 0 saturated carbocycles. The number of hydrogen-bond acceptors (Lipinski definition) is 4. The Morgan fingerprint density at radius 3 is 2.68 bits per heavy atom. The smallest absolute Gasteiger partial charge is 0.236 e. The van der Waals surface area contributed by atoms with Gasteiger partial charge in [-0.15, -0.1) is 0 Å². The van der Waals surface area contributed by atoms with Crippen LogP contribution in [0, 0.1) is 6.92 Å². The van der Waals surface area contributed by atoms with E-state index in [-0.39, 0.29) is 5.91 Å². The summed E-state index contributed by atoms with van der Waals surface area (Å²) in [6.45, 7) is 6.46. The molecule has 5 heteroatoms. The van der Waals surface area contributed by atoms with Crippen molar-refractivity contribution in [2.45, 2.75) is 27.2 Å². The Hall–Kier alpha value is -2.82. The molecule has 0 aliphatic carbocycles. The fourth-order valence-electron chi connectivity index (χ4n) is 2.33. The van der Waals surface area contributed by atoms with Crippen LogP contribution >= 0.6 is 0 Å². The van der Waals surface area contributed by atoms with E-state index in [0.717, 1.165) is 17.7 Å². The van der Waals surface area contributed by atoms with Gasteiger partial charge < -0.3 is 9.47 Å². The van der Waals surface area contributed by atoms with Crippen LogP contribution in [0.15, 0.2) is 47.6 Å². The van der Waals surface area contributed by atoms with Gasteiger partial charge in [-0.3, -0.25) is 4.79 Å². The molecule has 0 fully saturated rings. The van der Waals surface area contributed by atoms with Crippen LogP contribution in [-0.2, 0) is 11.2 Å². The van der Waals surface area contributed by atoms with E-state index in [4.69, 9.17) is 9.47 Å². The van der Waals surface area contributed by atoms with Crippen LogP contribution in [0.25, 0.3) is 0 Å². The van der Waals surface area contributed by atoms with Crippen molar-refractivity contribution in [3.63, 3.8) is 0 Å². The quantitative estimate of drug-likeness (QED) is 0.455. The van der Waals surface area contributed by atoms with Gasteiger partial charge in [0.1, 0.15) is 24.7 Å². The van der Waals surface area contributed by atoms with Crippen LogP contribution in [0.1, 0.15) is 30.5 Å². The van der Waals surface area contributed by atoms with Crippen molar-refractivity contribution in [2.24, 2.45) is 5.10 Å². The third-order valence-corrected chi connectivity index (χ3v) is 3.47. The van der Waals surface area contributed by atoms with Crippen molar-refractivity contribution in [1.82, 2.24) is 5.43 Å². The number of rotatable bonds is 8. The van der Waals surface area contributed by atoms with E-state index in [1.165, 1.54) is 18.1 Å². The average Bonchev–Trinajstić information content (AvgIpc) is 2.59. The second-order valence-corrected chi connectivity index (χ2v) is 5.67. The molecule has 0 atom stereocenters. The lowest BCUT2D eigenvalue weighted by Gasteiger charge is -2.11. The fourth-order valence-corrected chi connectivity index (χ4v) is 2.33. The number of ether oxygens (including phenoxy) is 2. The van der Waals surface area contributed by atoms with Gasteiger partial charge in [-0.2, -0.15) is 5.10 Å². The van der Waals surface area contributed by atoms with Crippen LogP contribution in [0.4, 0.5) is 0 Å². The summed E-state index contributed by atoms with van der Waals surface area (Å²) in [5, 5.41) is 3.87. The molecule has 0 aromatic heterocycles. The molecule has 132 valence electrons. The van der Waals surface area contributed by atoms with Crippen molar-refractivity contribution in [2.75, 3.05) is 13.2 Å². The SMILES string of the molecule is CCc1cc(C)cc(OCCOc2ccccc2C=NNC(C)=O)c1. The zero-order valence-electron chi connectivity index (χ0n) is 14.9. The molecule has 5 nitrogen and oxygen atoms in total. The van der Waals surface area contributed by atoms with Crippen LogP contribution in [-0.4, -0.2) is 25.3 Å². The minimum absolute atomic E-state index is 0.215. The first-order chi connectivity index (χ1) is 12.1. The van der Waals surface area contributed by atoms with Crippen LogP contribution in [0.2, 0.25) is 0 Å². The van der Waals surface area contributed by atoms with E-state index in [2.05, 4.69) is 36.5 Å². The van der Waals surface area contributed by atoms with Crippen LogP contribution in [0.5, 0.6) is 11.5 Å². The Morgan fingerprint density at radius 2 is 1.92 bits per heavy atom. The fraction of sp³-hybridized carbons (Fsp3) is 0.300. The minimum Gasteiger partial charge on any atom is -0.490 e. The molecule has 25 heavy (non-hydrogen) atoms. The van der Waals surface area contributed by atoms with Crippen molar-refractivity contribution >= 4 is 12.1 Å². The standard InChI is InChI=1S/C20H24N2O3/c1-4-17-11-15(2)12-19(13-17)24-9-10-25-20-8-6-5-7-18(20)14-21-22-16(3)23/h5-8,11-14H,4,9-10H2,1-3H3,(H,22,23). The molecular formula is C20H24N2O3. The Morgan fingerprint density at radius 1 is 1.16 bits per heavy atom. The zero-order valence-corrected chi connectivity index (χ0v) is 14.9. The highest BCUT2D eigenvalue weighted by Gasteiger charge is 2.02. The second kappa shape index (κ2) is 9.47. The van der Waals surface area contributed by atoms with Crippen molar-refractivity contribution in [1.29, 1.82) is 0 Å². The molecule has 2 aromatic rings. The molecule has 0 spiro atoms. The van der Waals surface area contributed by atoms with Crippen LogP contribution < -0.4 is 14.9 Å². The van der Waals surface area contributed by atoms with E-state index < -0.39 is 0 Å². The van der Waals surface area contributed by atoms with Gasteiger partial charge in [0.2, 0.25) is 5.91 Å². The summed E-state index contributed by atoms with van der Waals surface area (Å²) >= 11 is 0. The monoisotopic (exact) mass is 340 g/mol. The predicted octanol–water partition coefficient (Wildman–Crippen LogP) is 3.49. The number of benzene rings is 2. The first-order valence-corrected chi connectivity index (χ1v) is 8.33. The summed E-state index contributed by atoms with van der Waals surface area (Å²) in [7, 11) is 0. The summed E-state index contributed by atoms with van der Waals surface area (Å²) in [6, 6.07) is 13.7. The topological polar surface area (TPSA) is 59.9 Å². The maximum Gasteiger partial charge on any atom is 0.236 e. The molecule has 2 rings (SSSR count). The van der Waals surface area contributed by atoms with Gasteiger partial charge >= 0.3 is 0 Å². The van der Waals surface area contributed by atoms with Crippen molar-refractivity contribution in [3.8, 4) is 11.5 Å². The number of amides is 1. The summed E-state index contributed by atoms with van der Waals surface area (Å²) in [5.41, 5.74) is 5.62. The number of para-hydroxylation sites is 1. The summed E-state index contributed by atoms with van der Waals surface area (Å²) in [4.78, 5) is 10.9. The van der Waals surface area contributed by atoms with Crippen LogP contribution in [0.3, 0.4) is 0 Å². The molecule has 1 amide bonds. The number of hydrazone groups is 1. The van der Waals surface area contributed by atoms with E-state index in [9.17, 15) is 4.79 Å². The lowest BCUT2D eigenvalue weighted by atomic mass is 10.1. The Kier molecular flexibility index (Phi) is 7.01. The Bertz CT molecular complexity index is 741. The maximum absolute atomic E-state index is 10.9. The number of aryl methyl sites for hydroxylation is 2. The summed E-state index contributed by atoms with van der Waals surface area (Å²) in [5.74, 6) is 1.34. The molecule has 0 saturated heterocycles. The molecule has 0 aliphatic heterocycles. The van der Waals surface area contributed by atoms with E-state index in [1.54, 1.807) is 6.21 Å². The molecule has 0 unspecified atom stereocenters. The van der Waals surface area contributed by atoms with Gasteiger partial charge in [0.05, 0.1) is 6.21 Å². The largest absolute Gasteiger partial charge is 0.490 e. The maximum atomic E-state index is 10.9. The van der Waals surface area contributed by atoms with Gasteiger partial charge in [0.15, 0.2) is 0 Å². The number of carbonyl (C=O) groups excluding carboxylic acids is 1. The zero-order chi connectivity index (χ0) is 18.1. The highest BCUT2D eigenvalue weighted by atomic mass is 16.5. The average molecular weight is 340 g/mol. The van der Waals surface area contributed by atoms with Gasteiger partial charge in [-0.1, -0.05) is 25.1 Å². The number of nitrogens with zero attached hydrogens (tertiary/aromatic N) is 1. The van der Waals surface area contributed by atoms with E-state index in [0.29, 0.717) is 19.0 Å². The third-order valence-electron chi connectivity index (χ3n) is 3.47. The Balaban J connectivity index is 1.89. The predicted molar refractivity (Wildman–Crippen MR) is 99.4 cm³/mol. The molecule has 0 heterocycles. The molecule has 0 bridgehead atoms. The van der Waals surface area contributed by atoms with Gasteiger partial charge in [0.25, 0.3) is 0 Å². The van der Waals surface area contributed by atoms with Crippen molar-refractivity contribution in [3.05, 3.63) is 59.2 Å². The van der Waals surface area contributed by atoms with E-state index in [1.807, 2.05) is 30.3 Å². The minimum atomic E-state index is -0.215. The van der Waals surface area contributed by atoms with E-state index >= 15 is 0 Å². The number of carbonyl (C=O) groups is 1. The molecular weight excluding hydrogens is 316 g/mol. The van der Waals surface area contributed by atoms with Gasteiger partial charge in [-0.05, 0) is 48.7 Å². The summed E-state index contributed by atoms with van der Waals surface area (Å²) in [6.07, 6.45) is 2.54. The number of hydrogen-bond donors (Lipinski definition) is 1. The molecule has 0 aliphatic rings. The van der Waals surface area contributed by atoms with Gasteiger partial charge in [0, 0.05) is 12.5 Å². The molecule has 1 N–H and O–H groups in total. The molecule has 2 aromatic carbocycles. The third kappa shape index (κ3) is 6.30. The highest BCUT2D eigenvalue weighted by molar-refractivity contribution is 5.84. The Labute approximate surface area is 148 Å². The number of nitrogens with one attached hydrogen (secondary N) is 1. The first kappa shape index (κ1) is 18.5. The lowest BCUT2D eigenvalue weighted by molar-refractivity contribution is -0.118. The lowest BCUT2D eigenvalue weighted by Crippen LogP contribution is -2.13. The first-order valence-electron chi connectivity index (χ1n) is 8.33. The summed E-state index contributed by atoms with van der Waals surface area (Å²) < 4.78 is 11.6. The normalized spacial score (nSPS) is 10.7. The van der Waals surface area contributed by atoms with Crippen molar-refractivity contribution < 1.29 is 14.3 Å². The molecule has 0 radical (unpaired) electrons.